The van der Waals surface area contributed by atoms with Gasteiger partial charge in [0.25, 0.3) is 0 Å². The summed E-state index contributed by atoms with van der Waals surface area (Å²) in [4.78, 5) is 12.1. The molecule has 18 heavy (non-hydrogen) atoms. The lowest BCUT2D eigenvalue weighted by Crippen LogP contribution is -2.60. The fourth-order valence-electron chi connectivity index (χ4n) is 3.27. The number of rotatable bonds is 3. The Balaban J connectivity index is 2.01. The topological polar surface area (TPSA) is 50.4 Å². The highest BCUT2D eigenvalue weighted by Crippen LogP contribution is 2.25. The van der Waals surface area contributed by atoms with Crippen molar-refractivity contribution in [3.63, 3.8) is 0 Å². The van der Waals surface area contributed by atoms with Crippen molar-refractivity contribution >= 4 is 5.97 Å². The Morgan fingerprint density at radius 3 is 2.33 bits per heavy atom. The van der Waals surface area contributed by atoms with Crippen LogP contribution in [0.2, 0.25) is 0 Å². The first-order valence-corrected chi connectivity index (χ1v) is 7.34. The van der Waals surface area contributed by atoms with Crippen LogP contribution in [0.1, 0.15) is 51.4 Å². The molecule has 0 aromatic rings. The van der Waals surface area contributed by atoms with Gasteiger partial charge in [0, 0.05) is 6.04 Å². The molecule has 1 saturated heterocycles. The second-order valence-corrected chi connectivity index (χ2v) is 5.66. The molecule has 0 atom stereocenters. The van der Waals surface area contributed by atoms with E-state index in [-0.39, 0.29) is 5.97 Å². The summed E-state index contributed by atoms with van der Waals surface area (Å²) in [7, 11) is 1.50. The highest BCUT2D eigenvalue weighted by molar-refractivity contribution is 5.81. The fraction of sp³-hybridized carbons (Fsp3) is 0.929. The summed E-state index contributed by atoms with van der Waals surface area (Å²) in [6.07, 6.45) is 9.33. The van der Waals surface area contributed by atoms with Crippen molar-refractivity contribution in [3.8, 4) is 0 Å². The van der Waals surface area contributed by atoms with E-state index in [1.165, 1.54) is 45.6 Å². The lowest BCUT2D eigenvalue weighted by molar-refractivity contribution is -0.150. The van der Waals surface area contributed by atoms with E-state index in [9.17, 15) is 4.79 Å². The Hall–Kier alpha value is -0.610. The van der Waals surface area contributed by atoms with E-state index in [0.717, 1.165) is 25.9 Å². The predicted octanol–water partition coefficient (Wildman–Crippen LogP) is 1.59. The first-order valence-electron chi connectivity index (χ1n) is 7.34. The second-order valence-electron chi connectivity index (χ2n) is 5.66. The molecule has 2 aliphatic rings. The van der Waals surface area contributed by atoms with Crippen molar-refractivity contribution in [2.24, 2.45) is 0 Å². The molecular formula is C14H26N2O2. The standard InChI is InChI=1S/C14H26N2O2/c1-18-13(17)14(8-10-15-11-9-14)16-12-6-4-2-3-5-7-12/h12,15-16H,2-11H2,1H3. The van der Waals surface area contributed by atoms with Crippen LogP contribution >= 0.6 is 0 Å². The number of methoxy groups -OCH3 is 1. The minimum Gasteiger partial charge on any atom is -0.468 e. The zero-order valence-corrected chi connectivity index (χ0v) is 11.5. The second kappa shape index (κ2) is 6.53. The minimum absolute atomic E-state index is 0.0757. The van der Waals surface area contributed by atoms with Gasteiger partial charge in [0.05, 0.1) is 7.11 Å². The van der Waals surface area contributed by atoms with E-state index >= 15 is 0 Å². The number of esters is 1. The van der Waals surface area contributed by atoms with Crippen LogP contribution in [0.5, 0.6) is 0 Å². The molecule has 1 aliphatic heterocycles. The van der Waals surface area contributed by atoms with E-state index in [1.807, 2.05) is 0 Å². The quantitative estimate of drug-likeness (QED) is 0.593. The van der Waals surface area contributed by atoms with Gasteiger partial charge in [-0.05, 0) is 38.8 Å². The van der Waals surface area contributed by atoms with Gasteiger partial charge in [-0.15, -0.1) is 0 Å². The average Bonchev–Trinajstić information content (AvgIpc) is 2.67. The highest BCUT2D eigenvalue weighted by atomic mass is 16.5. The van der Waals surface area contributed by atoms with Gasteiger partial charge in [-0.25, -0.2) is 0 Å². The molecule has 0 aromatic carbocycles. The third-order valence-electron chi connectivity index (χ3n) is 4.37. The van der Waals surface area contributed by atoms with Crippen LogP contribution in [0.25, 0.3) is 0 Å². The van der Waals surface area contributed by atoms with Gasteiger partial charge in [-0.2, -0.15) is 0 Å². The van der Waals surface area contributed by atoms with Crippen LogP contribution in [0.3, 0.4) is 0 Å². The molecule has 1 heterocycles. The summed E-state index contributed by atoms with van der Waals surface area (Å²) in [5, 5.41) is 6.97. The number of piperidine rings is 1. The SMILES string of the molecule is COC(=O)C1(NC2CCCCCC2)CCNCC1. The van der Waals surface area contributed by atoms with Gasteiger partial charge >= 0.3 is 5.97 Å². The Morgan fingerprint density at radius 2 is 1.78 bits per heavy atom. The van der Waals surface area contributed by atoms with Crippen molar-refractivity contribution in [2.45, 2.75) is 62.9 Å². The maximum atomic E-state index is 12.1. The number of nitrogens with one attached hydrogen (secondary N) is 2. The van der Waals surface area contributed by atoms with E-state index in [1.54, 1.807) is 0 Å². The number of carbonyl (C=O) groups excluding carboxylic acids is 1. The average molecular weight is 254 g/mol. The fourth-order valence-corrected chi connectivity index (χ4v) is 3.27. The molecular weight excluding hydrogens is 228 g/mol. The maximum absolute atomic E-state index is 12.1. The molecule has 4 nitrogen and oxygen atoms in total. The summed E-state index contributed by atoms with van der Waals surface area (Å²) in [5.74, 6) is -0.0757. The summed E-state index contributed by atoms with van der Waals surface area (Å²) in [6, 6.07) is 0.490. The number of carbonyl (C=O) groups is 1. The Labute approximate surface area is 110 Å². The summed E-state index contributed by atoms with van der Waals surface area (Å²) >= 11 is 0. The molecule has 0 spiro atoms. The Kier molecular flexibility index (Phi) is 5.01. The van der Waals surface area contributed by atoms with Gasteiger partial charge in [0.1, 0.15) is 5.54 Å². The smallest absolute Gasteiger partial charge is 0.326 e. The normalized spacial score (nSPS) is 25.4. The maximum Gasteiger partial charge on any atom is 0.326 e. The van der Waals surface area contributed by atoms with Gasteiger partial charge in [-0.3, -0.25) is 10.1 Å². The summed E-state index contributed by atoms with van der Waals surface area (Å²) < 4.78 is 5.04. The Bertz CT molecular complexity index is 267. The summed E-state index contributed by atoms with van der Waals surface area (Å²) in [6.45, 7) is 1.80. The lowest BCUT2D eigenvalue weighted by atomic mass is 9.86. The molecule has 0 radical (unpaired) electrons. The van der Waals surface area contributed by atoms with E-state index in [0.29, 0.717) is 6.04 Å². The molecule has 1 saturated carbocycles. The first-order chi connectivity index (χ1) is 8.77. The molecule has 1 aliphatic carbocycles. The largest absolute Gasteiger partial charge is 0.468 e. The van der Waals surface area contributed by atoms with Crippen molar-refractivity contribution in [1.82, 2.24) is 10.6 Å². The molecule has 104 valence electrons. The van der Waals surface area contributed by atoms with Crippen molar-refractivity contribution < 1.29 is 9.53 Å². The molecule has 0 unspecified atom stereocenters. The number of hydrogen-bond donors (Lipinski definition) is 2. The molecule has 4 heteroatoms. The van der Waals surface area contributed by atoms with Crippen LogP contribution in [0.4, 0.5) is 0 Å². The Morgan fingerprint density at radius 1 is 1.17 bits per heavy atom. The number of ether oxygens (including phenoxy) is 1. The van der Waals surface area contributed by atoms with Crippen molar-refractivity contribution in [3.05, 3.63) is 0 Å². The predicted molar refractivity (Wildman–Crippen MR) is 71.5 cm³/mol. The van der Waals surface area contributed by atoms with E-state index in [4.69, 9.17) is 4.74 Å². The third-order valence-corrected chi connectivity index (χ3v) is 4.37. The van der Waals surface area contributed by atoms with Gasteiger partial charge in [-0.1, -0.05) is 25.7 Å². The van der Waals surface area contributed by atoms with Gasteiger partial charge in [0.2, 0.25) is 0 Å². The van der Waals surface area contributed by atoms with Gasteiger partial charge in [0.15, 0.2) is 0 Å². The zero-order chi connectivity index (χ0) is 12.8. The minimum atomic E-state index is -0.436. The van der Waals surface area contributed by atoms with Crippen LogP contribution in [-0.4, -0.2) is 37.7 Å². The van der Waals surface area contributed by atoms with Crippen LogP contribution in [0.15, 0.2) is 0 Å². The molecule has 0 bridgehead atoms. The number of hydrogen-bond acceptors (Lipinski definition) is 4. The lowest BCUT2D eigenvalue weighted by Gasteiger charge is -2.38. The first kappa shape index (κ1) is 13.8. The van der Waals surface area contributed by atoms with Crippen LogP contribution < -0.4 is 10.6 Å². The van der Waals surface area contributed by atoms with Gasteiger partial charge < -0.3 is 10.1 Å². The van der Waals surface area contributed by atoms with E-state index < -0.39 is 5.54 Å². The van der Waals surface area contributed by atoms with Crippen molar-refractivity contribution in [2.75, 3.05) is 20.2 Å². The third kappa shape index (κ3) is 3.23. The van der Waals surface area contributed by atoms with Crippen LogP contribution in [-0.2, 0) is 9.53 Å². The molecule has 2 N–H and O–H groups in total. The highest BCUT2D eigenvalue weighted by Gasteiger charge is 2.41. The van der Waals surface area contributed by atoms with Crippen LogP contribution in [0, 0.1) is 0 Å². The summed E-state index contributed by atoms with van der Waals surface area (Å²) in [5.41, 5.74) is -0.436. The molecule has 0 amide bonds. The monoisotopic (exact) mass is 254 g/mol. The molecule has 2 rings (SSSR count). The van der Waals surface area contributed by atoms with E-state index in [2.05, 4.69) is 10.6 Å². The van der Waals surface area contributed by atoms with Crippen molar-refractivity contribution in [1.29, 1.82) is 0 Å². The molecule has 0 aromatic heterocycles. The zero-order valence-electron chi connectivity index (χ0n) is 11.5. The molecule has 2 fully saturated rings.